The zero-order valence-corrected chi connectivity index (χ0v) is 19.7. The number of thiophene rings is 1. The van der Waals surface area contributed by atoms with Gasteiger partial charge in [0.2, 0.25) is 5.91 Å². The van der Waals surface area contributed by atoms with Crippen LogP contribution in [0.4, 0.5) is 5.69 Å². The highest BCUT2D eigenvalue weighted by Crippen LogP contribution is 2.27. The van der Waals surface area contributed by atoms with Gasteiger partial charge in [0.25, 0.3) is 20.0 Å². The standard InChI is InChI=1S/C20H24N4O5S3/c25-20(15-5-3-11-24(14-15)32(28,29)19-9-4-12-30-19)22-16-6-1-7-17(13-16)31(26,27)23-18-8-2-10-21-18/h1,4,6-7,9,12-13,15H,2-3,5,8,10-11,14H2,(H,21,23)(H,22,25)/t15-/m0/s1. The molecule has 0 aliphatic carbocycles. The fraction of sp³-hybridized carbons (Fsp3) is 0.400. The van der Waals surface area contributed by atoms with Gasteiger partial charge < -0.3 is 5.32 Å². The van der Waals surface area contributed by atoms with E-state index in [1.54, 1.807) is 29.6 Å². The Balaban J connectivity index is 1.44. The highest BCUT2D eigenvalue weighted by molar-refractivity contribution is 7.91. The number of piperidine rings is 1. The molecule has 1 amide bonds. The molecule has 1 aromatic heterocycles. The Morgan fingerprint density at radius 1 is 1.12 bits per heavy atom. The number of hydrogen-bond donors (Lipinski definition) is 2. The zero-order chi connectivity index (χ0) is 22.8. The van der Waals surface area contributed by atoms with Crippen molar-refractivity contribution in [3.05, 3.63) is 41.8 Å². The van der Waals surface area contributed by atoms with Gasteiger partial charge in [0, 0.05) is 31.7 Å². The van der Waals surface area contributed by atoms with Gasteiger partial charge in [0.15, 0.2) is 0 Å². The normalized spacial score (nSPS) is 20.0. The summed E-state index contributed by atoms with van der Waals surface area (Å²) in [6.07, 6.45) is 2.53. The number of rotatable bonds is 6. The third-order valence-corrected chi connectivity index (χ3v) is 10.00. The van der Waals surface area contributed by atoms with Crippen molar-refractivity contribution in [1.29, 1.82) is 0 Å². The molecule has 2 aliphatic rings. The second-order valence-corrected chi connectivity index (χ2v) is 12.5. The number of amides is 1. The molecule has 1 fully saturated rings. The number of hydrogen-bond acceptors (Lipinski definition) is 7. The van der Waals surface area contributed by atoms with Crippen LogP contribution in [0, 0.1) is 5.92 Å². The predicted octanol–water partition coefficient (Wildman–Crippen LogP) is 2.26. The van der Waals surface area contributed by atoms with Gasteiger partial charge in [-0.1, -0.05) is 12.1 Å². The summed E-state index contributed by atoms with van der Waals surface area (Å²) in [5, 5.41) is 4.45. The molecule has 2 aromatic rings. The van der Waals surface area contributed by atoms with Gasteiger partial charge in [-0.25, -0.2) is 16.8 Å². The van der Waals surface area contributed by atoms with Gasteiger partial charge in [-0.15, -0.1) is 11.3 Å². The van der Waals surface area contributed by atoms with Gasteiger partial charge >= 0.3 is 0 Å². The Labute approximate surface area is 191 Å². The first-order valence-corrected chi connectivity index (χ1v) is 14.1. The van der Waals surface area contributed by atoms with Crippen molar-refractivity contribution >= 4 is 48.8 Å². The first kappa shape index (κ1) is 22.9. The first-order valence-electron chi connectivity index (χ1n) is 10.3. The maximum Gasteiger partial charge on any atom is 0.262 e. The quantitative estimate of drug-likeness (QED) is 0.635. The molecule has 3 heterocycles. The summed E-state index contributed by atoms with van der Waals surface area (Å²) >= 11 is 1.15. The summed E-state index contributed by atoms with van der Waals surface area (Å²) in [7, 11) is -7.42. The van der Waals surface area contributed by atoms with Crippen LogP contribution >= 0.6 is 11.3 Å². The first-order chi connectivity index (χ1) is 15.3. The third-order valence-electron chi connectivity index (χ3n) is 5.38. The molecule has 1 saturated heterocycles. The average molecular weight is 497 g/mol. The Morgan fingerprint density at radius 2 is 1.97 bits per heavy atom. The molecule has 12 heteroatoms. The van der Waals surface area contributed by atoms with E-state index < -0.39 is 26.0 Å². The second kappa shape index (κ2) is 9.30. The fourth-order valence-electron chi connectivity index (χ4n) is 3.73. The van der Waals surface area contributed by atoms with Crippen LogP contribution < -0.4 is 10.0 Å². The number of anilines is 1. The van der Waals surface area contributed by atoms with Crippen molar-refractivity contribution in [2.45, 2.75) is 34.8 Å². The number of sulfonamides is 2. The number of nitrogens with one attached hydrogen (secondary N) is 2. The summed E-state index contributed by atoms with van der Waals surface area (Å²) in [6, 6.07) is 9.23. The number of aliphatic imine (C=N–C) groups is 1. The van der Waals surface area contributed by atoms with E-state index in [9.17, 15) is 21.6 Å². The lowest BCUT2D eigenvalue weighted by atomic mass is 9.99. The molecule has 32 heavy (non-hydrogen) atoms. The maximum absolute atomic E-state index is 12.9. The van der Waals surface area contributed by atoms with Crippen LogP contribution in [-0.2, 0) is 24.8 Å². The van der Waals surface area contributed by atoms with Crippen LogP contribution in [0.3, 0.4) is 0 Å². The van der Waals surface area contributed by atoms with Crippen LogP contribution in [0.5, 0.6) is 0 Å². The third kappa shape index (κ3) is 5.03. The number of carbonyl (C=O) groups excluding carboxylic acids is 1. The molecule has 2 aliphatic heterocycles. The van der Waals surface area contributed by atoms with E-state index in [-0.39, 0.29) is 21.6 Å². The summed E-state index contributed by atoms with van der Waals surface area (Å²) < 4.78 is 54.9. The Bertz CT molecular complexity index is 1220. The summed E-state index contributed by atoms with van der Waals surface area (Å²) in [4.78, 5) is 17.0. The van der Waals surface area contributed by atoms with Crippen molar-refractivity contribution in [1.82, 2.24) is 9.03 Å². The number of carbonyl (C=O) groups is 1. The van der Waals surface area contributed by atoms with E-state index in [4.69, 9.17) is 0 Å². The lowest BCUT2D eigenvalue weighted by Gasteiger charge is -2.30. The van der Waals surface area contributed by atoms with Crippen LogP contribution in [-0.4, -0.2) is 52.5 Å². The van der Waals surface area contributed by atoms with Crippen molar-refractivity contribution in [3.63, 3.8) is 0 Å². The van der Waals surface area contributed by atoms with Crippen molar-refractivity contribution < 1.29 is 21.6 Å². The molecule has 1 atom stereocenters. The van der Waals surface area contributed by atoms with Crippen LogP contribution in [0.25, 0.3) is 0 Å². The molecule has 9 nitrogen and oxygen atoms in total. The largest absolute Gasteiger partial charge is 0.326 e. The summed E-state index contributed by atoms with van der Waals surface area (Å²) in [5.41, 5.74) is 0.337. The molecule has 0 radical (unpaired) electrons. The van der Waals surface area contributed by atoms with Crippen molar-refractivity contribution in [2.75, 3.05) is 25.0 Å². The second-order valence-electron chi connectivity index (χ2n) is 7.69. The smallest absolute Gasteiger partial charge is 0.262 e. The van der Waals surface area contributed by atoms with E-state index >= 15 is 0 Å². The van der Waals surface area contributed by atoms with Crippen LogP contribution in [0.15, 0.2) is 55.9 Å². The lowest BCUT2D eigenvalue weighted by molar-refractivity contribution is -0.120. The van der Waals surface area contributed by atoms with Crippen molar-refractivity contribution in [2.24, 2.45) is 10.9 Å². The van der Waals surface area contributed by atoms with Gasteiger partial charge in [-0.05, 0) is 48.9 Å². The van der Waals surface area contributed by atoms with E-state index in [1.165, 1.54) is 16.4 Å². The summed E-state index contributed by atoms with van der Waals surface area (Å²) in [6.45, 7) is 1.06. The molecular formula is C20H24N4O5S3. The number of nitrogens with zero attached hydrogens (tertiary/aromatic N) is 2. The minimum atomic E-state index is -3.80. The van der Waals surface area contributed by atoms with E-state index in [0.717, 1.165) is 17.8 Å². The Kier molecular flexibility index (Phi) is 6.65. The van der Waals surface area contributed by atoms with E-state index in [0.29, 0.717) is 43.9 Å². The molecule has 0 spiro atoms. The Morgan fingerprint density at radius 3 is 2.69 bits per heavy atom. The van der Waals surface area contributed by atoms with Gasteiger partial charge in [0.1, 0.15) is 10.0 Å². The minimum absolute atomic E-state index is 0.0236. The lowest BCUT2D eigenvalue weighted by Crippen LogP contribution is -2.43. The van der Waals surface area contributed by atoms with Crippen LogP contribution in [0.2, 0.25) is 0 Å². The molecule has 172 valence electrons. The van der Waals surface area contributed by atoms with Gasteiger partial charge in [0.05, 0.1) is 10.8 Å². The molecule has 4 rings (SSSR count). The summed E-state index contributed by atoms with van der Waals surface area (Å²) in [5.74, 6) is -0.419. The highest BCUT2D eigenvalue weighted by atomic mass is 32.2. The minimum Gasteiger partial charge on any atom is -0.326 e. The molecular weight excluding hydrogens is 472 g/mol. The highest BCUT2D eigenvalue weighted by Gasteiger charge is 2.34. The van der Waals surface area contributed by atoms with Gasteiger partial charge in [-0.3, -0.25) is 14.5 Å². The van der Waals surface area contributed by atoms with Crippen LogP contribution in [0.1, 0.15) is 25.7 Å². The fourth-order valence-corrected chi connectivity index (χ4v) is 7.54. The molecule has 1 aromatic carbocycles. The van der Waals surface area contributed by atoms with Gasteiger partial charge in [-0.2, -0.15) is 4.31 Å². The maximum atomic E-state index is 12.9. The molecule has 0 saturated carbocycles. The SMILES string of the molecule is O=C(Nc1cccc(S(=O)(=O)NC2=NCCC2)c1)[C@H]1CCCN(S(=O)(=O)c2cccs2)C1. The van der Waals surface area contributed by atoms with E-state index in [2.05, 4.69) is 15.0 Å². The monoisotopic (exact) mass is 496 g/mol. The zero-order valence-electron chi connectivity index (χ0n) is 17.2. The topological polar surface area (TPSA) is 125 Å². The molecule has 0 unspecified atom stereocenters. The van der Waals surface area contributed by atoms with Crippen molar-refractivity contribution in [3.8, 4) is 0 Å². The number of amidine groups is 1. The van der Waals surface area contributed by atoms with E-state index in [1.807, 2.05) is 0 Å². The molecule has 2 N–H and O–H groups in total. The number of benzene rings is 1. The average Bonchev–Trinajstić information content (AvgIpc) is 3.48. The Hall–Kier alpha value is -2.28. The predicted molar refractivity (Wildman–Crippen MR) is 123 cm³/mol. The molecule has 0 bridgehead atoms.